The van der Waals surface area contributed by atoms with Gasteiger partial charge in [-0.1, -0.05) is 52.3 Å². The zero-order chi connectivity index (χ0) is 22.1. The van der Waals surface area contributed by atoms with Gasteiger partial charge >= 0.3 is 6.03 Å². The Labute approximate surface area is 200 Å². The van der Waals surface area contributed by atoms with E-state index >= 15 is 0 Å². The molecule has 0 radical (unpaired) electrons. The van der Waals surface area contributed by atoms with Crippen LogP contribution in [0.1, 0.15) is 23.2 Å². The molecule has 5 nitrogen and oxygen atoms in total. The first-order valence-electron chi connectivity index (χ1n) is 10.8. The highest BCUT2D eigenvalue weighted by Gasteiger charge is 2.47. The summed E-state index contributed by atoms with van der Waals surface area (Å²) in [6.07, 6.45) is 1.56. The largest absolute Gasteiger partial charge is 0.324 e. The number of nitrogens with zero attached hydrogens (tertiary/aromatic N) is 2. The summed E-state index contributed by atoms with van der Waals surface area (Å²) in [5.41, 5.74) is 1.54. The number of nitrogens with one attached hydrogen (secondary N) is 1. The minimum Gasteiger partial charge on any atom is -0.324 e. The number of piperidine rings is 1. The van der Waals surface area contributed by atoms with E-state index in [0.29, 0.717) is 18.7 Å². The third kappa shape index (κ3) is 3.99. The van der Waals surface area contributed by atoms with Crippen molar-refractivity contribution < 1.29 is 9.59 Å². The first kappa shape index (κ1) is 21.3. The number of thioether (sulfide) groups is 1. The maximum Gasteiger partial charge on any atom is 0.321 e. The number of rotatable bonds is 2. The lowest BCUT2D eigenvalue weighted by Crippen LogP contribution is -2.54. The summed E-state index contributed by atoms with van der Waals surface area (Å²) in [6, 6.07) is 21.5. The van der Waals surface area contributed by atoms with E-state index in [0.717, 1.165) is 46.1 Å². The van der Waals surface area contributed by atoms with Crippen LogP contribution in [-0.2, 0) is 0 Å². The van der Waals surface area contributed by atoms with E-state index in [1.807, 2.05) is 88.3 Å². The Kier molecular flexibility index (Phi) is 5.86. The highest BCUT2D eigenvalue weighted by Crippen LogP contribution is 2.44. The van der Waals surface area contributed by atoms with Crippen molar-refractivity contribution >= 4 is 56.1 Å². The molecule has 1 spiro atoms. The number of amides is 3. The van der Waals surface area contributed by atoms with Crippen LogP contribution in [0.3, 0.4) is 0 Å². The van der Waals surface area contributed by atoms with Gasteiger partial charge < -0.3 is 15.1 Å². The lowest BCUT2D eigenvalue weighted by Gasteiger charge is -2.44. The van der Waals surface area contributed by atoms with Gasteiger partial charge in [0.05, 0.1) is 10.6 Å². The molecule has 2 saturated heterocycles. The van der Waals surface area contributed by atoms with Crippen molar-refractivity contribution in [2.24, 2.45) is 0 Å². The summed E-state index contributed by atoms with van der Waals surface area (Å²) in [6.45, 7) is 2.02. The van der Waals surface area contributed by atoms with Crippen molar-refractivity contribution in [2.45, 2.75) is 17.7 Å². The molecule has 32 heavy (non-hydrogen) atoms. The van der Waals surface area contributed by atoms with Gasteiger partial charge in [0.15, 0.2) is 0 Å². The maximum absolute atomic E-state index is 13.2. The van der Waals surface area contributed by atoms with E-state index in [2.05, 4.69) is 21.2 Å². The summed E-state index contributed by atoms with van der Waals surface area (Å²) in [7, 11) is 0. The molecule has 1 N–H and O–H groups in total. The van der Waals surface area contributed by atoms with Crippen LogP contribution in [0.5, 0.6) is 0 Å². The van der Waals surface area contributed by atoms with Crippen LogP contribution in [0.4, 0.5) is 10.5 Å². The van der Waals surface area contributed by atoms with Crippen LogP contribution in [-0.4, -0.2) is 52.0 Å². The van der Waals surface area contributed by atoms with Crippen LogP contribution >= 0.6 is 27.7 Å². The number of fused-ring (bicyclic) bond motifs is 1. The fourth-order valence-corrected chi connectivity index (χ4v) is 6.37. The molecule has 0 unspecified atom stereocenters. The average Bonchev–Trinajstić information content (AvgIpc) is 3.22. The van der Waals surface area contributed by atoms with Gasteiger partial charge in [-0.05, 0) is 48.6 Å². The van der Waals surface area contributed by atoms with E-state index in [9.17, 15) is 9.59 Å². The molecule has 2 heterocycles. The summed E-state index contributed by atoms with van der Waals surface area (Å²) < 4.78 is 0.963. The molecular formula is C25H24BrN3O2S. The molecule has 3 amide bonds. The van der Waals surface area contributed by atoms with Gasteiger partial charge in [0.25, 0.3) is 5.91 Å². The zero-order valence-corrected chi connectivity index (χ0v) is 20.0. The number of hydrogen-bond acceptors (Lipinski definition) is 3. The first-order chi connectivity index (χ1) is 15.6. The van der Waals surface area contributed by atoms with Crippen LogP contribution < -0.4 is 5.32 Å². The second-order valence-electron chi connectivity index (χ2n) is 8.20. The lowest BCUT2D eigenvalue weighted by molar-refractivity contribution is 0.0585. The van der Waals surface area contributed by atoms with Crippen LogP contribution in [0.15, 0.2) is 71.2 Å². The second kappa shape index (κ2) is 8.79. The number of hydrogen-bond donors (Lipinski definition) is 1. The van der Waals surface area contributed by atoms with E-state index in [4.69, 9.17) is 0 Å². The van der Waals surface area contributed by atoms with Gasteiger partial charge in [-0.25, -0.2) is 4.79 Å². The molecule has 164 valence electrons. The average molecular weight is 510 g/mol. The Morgan fingerprint density at radius 2 is 1.62 bits per heavy atom. The van der Waals surface area contributed by atoms with Crippen molar-refractivity contribution in [3.8, 4) is 0 Å². The van der Waals surface area contributed by atoms with Crippen molar-refractivity contribution in [2.75, 3.05) is 30.7 Å². The molecule has 0 atom stereocenters. The molecule has 2 aliphatic rings. The predicted molar refractivity (Wildman–Crippen MR) is 134 cm³/mol. The van der Waals surface area contributed by atoms with Gasteiger partial charge in [0.1, 0.15) is 0 Å². The first-order valence-corrected chi connectivity index (χ1v) is 12.6. The maximum atomic E-state index is 13.2. The topological polar surface area (TPSA) is 52.7 Å². The molecule has 0 bridgehead atoms. The number of anilines is 1. The molecule has 3 aromatic rings. The third-order valence-electron chi connectivity index (χ3n) is 6.38. The number of urea groups is 1. The molecule has 2 aliphatic heterocycles. The van der Waals surface area contributed by atoms with Crippen molar-refractivity contribution in [3.63, 3.8) is 0 Å². The van der Waals surface area contributed by atoms with Crippen molar-refractivity contribution in [3.05, 3.63) is 76.8 Å². The Morgan fingerprint density at radius 3 is 2.41 bits per heavy atom. The number of carbonyl (C=O) groups is 2. The second-order valence-corrected chi connectivity index (χ2v) is 10.6. The van der Waals surface area contributed by atoms with E-state index in [1.165, 1.54) is 0 Å². The number of likely N-dealkylation sites (tertiary alicyclic amines) is 1. The van der Waals surface area contributed by atoms with Crippen molar-refractivity contribution in [1.82, 2.24) is 9.80 Å². The number of carbonyl (C=O) groups excluding carboxylic acids is 2. The summed E-state index contributed by atoms with van der Waals surface area (Å²) in [5, 5.41) is 5.23. The summed E-state index contributed by atoms with van der Waals surface area (Å²) in [5.74, 6) is 1.01. The third-order valence-corrected chi connectivity index (χ3v) is 8.46. The minimum atomic E-state index is -0.222. The molecular weight excluding hydrogens is 486 g/mol. The molecule has 3 aromatic carbocycles. The predicted octanol–water partition coefficient (Wildman–Crippen LogP) is 5.82. The van der Waals surface area contributed by atoms with Crippen molar-refractivity contribution in [1.29, 1.82) is 0 Å². The Balaban J connectivity index is 1.27. The van der Waals surface area contributed by atoms with Crippen LogP contribution in [0.25, 0.3) is 10.8 Å². The molecule has 0 saturated carbocycles. The zero-order valence-electron chi connectivity index (χ0n) is 17.6. The van der Waals surface area contributed by atoms with Crippen LogP contribution in [0.2, 0.25) is 0 Å². The van der Waals surface area contributed by atoms with Gasteiger partial charge in [-0.15, -0.1) is 11.8 Å². The Morgan fingerprint density at radius 1 is 0.906 bits per heavy atom. The van der Waals surface area contributed by atoms with E-state index in [1.54, 1.807) is 0 Å². The molecule has 5 rings (SSSR count). The molecule has 0 aromatic heterocycles. The highest BCUT2D eigenvalue weighted by atomic mass is 79.9. The standard InChI is InChI=1S/C25H24BrN3O2S/c26-20-10-8-19(9-11-20)23(30)29-16-17-32-25(29)12-14-28(15-13-25)24(31)27-22-7-3-5-18-4-1-2-6-21(18)22/h1-11H,12-17H2,(H,27,31). The highest BCUT2D eigenvalue weighted by molar-refractivity contribution is 9.10. The van der Waals surface area contributed by atoms with Gasteiger partial charge in [0.2, 0.25) is 0 Å². The van der Waals surface area contributed by atoms with E-state index < -0.39 is 0 Å². The van der Waals surface area contributed by atoms with E-state index in [-0.39, 0.29) is 16.8 Å². The lowest BCUT2D eigenvalue weighted by atomic mass is 10.0. The van der Waals surface area contributed by atoms with Crippen LogP contribution in [0, 0.1) is 0 Å². The Hall–Kier alpha value is -2.51. The quantitative estimate of drug-likeness (QED) is 0.473. The monoisotopic (exact) mass is 509 g/mol. The fourth-order valence-electron chi connectivity index (χ4n) is 4.65. The fraction of sp³-hybridized carbons (Fsp3) is 0.280. The number of benzene rings is 3. The van der Waals surface area contributed by atoms with Gasteiger partial charge in [-0.2, -0.15) is 0 Å². The molecule has 0 aliphatic carbocycles. The Bertz CT molecular complexity index is 1150. The SMILES string of the molecule is O=C(Nc1cccc2ccccc12)N1CCC2(CC1)SCCN2C(=O)c1ccc(Br)cc1. The van der Waals surface area contributed by atoms with Gasteiger partial charge in [0, 0.05) is 40.8 Å². The smallest absolute Gasteiger partial charge is 0.321 e. The summed E-state index contributed by atoms with van der Waals surface area (Å²) in [4.78, 5) is 29.9. The molecule has 2 fully saturated rings. The summed E-state index contributed by atoms with van der Waals surface area (Å²) >= 11 is 5.29. The molecule has 7 heteroatoms. The number of halogens is 1. The normalized spacial score (nSPS) is 17.7. The van der Waals surface area contributed by atoms with Gasteiger partial charge in [-0.3, -0.25) is 4.79 Å². The minimum absolute atomic E-state index is 0.0787.